The number of aryl methyl sites for hydroxylation is 1. The number of nitrogens with zero attached hydrogens (tertiary/aromatic N) is 4. The van der Waals surface area contributed by atoms with E-state index in [2.05, 4.69) is 29.0 Å². The number of piperazine rings is 1. The average molecular weight is 313 g/mol. The molecular formula is C17H23N5O. The van der Waals surface area contributed by atoms with Gasteiger partial charge in [0, 0.05) is 38.8 Å². The van der Waals surface area contributed by atoms with Gasteiger partial charge in [-0.3, -0.25) is 4.79 Å². The highest BCUT2D eigenvalue weighted by molar-refractivity contribution is 5.69. The lowest BCUT2D eigenvalue weighted by atomic mass is 10.1. The maximum Gasteiger partial charge on any atom is 0.267 e. The molecule has 23 heavy (non-hydrogen) atoms. The van der Waals surface area contributed by atoms with Crippen molar-refractivity contribution >= 4 is 11.3 Å². The first kappa shape index (κ1) is 15.6. The zero-order chi connectivity index (χ0) is 16.4. The Labute approximate surface area is 136 Å². The van der Waals surface area contributed by atoms with E-state index >= 15 is 0 Å². The Bertz CT molecular complexity index is 823. The highest BCUT2D eigenvalue weighted by Gasteiger charge is 2.24. The molecule has 1 fully saturated rings. The number of aromatic nitrogens is 3. The first-order chi connectivity index (χ1) is 11.2. The fourth-order valence-corrected chi connectivity index (χ4v) is 3.12. The van der Waals surface area contributed by atoms with Crippen LogP contribution in [0.4, 0.5) is 5.69 Å². The van der Waals surface area contributed by atoms with E-state index in [-0.39, 0.29) is 5.56 Å². The van der Waals surface area contributed by atoms with Gasteiger partial charge in [0.15, 0.2) is 5.65 Å². The first-order valence-electron chi connectivity index (χ1n) is 8.11. The van der Waals surface area contributed by atoms with Crippen LogP contribution in [0, 0.1) is 11.8 Å². The highest BCUT2D eigenvalue weighted by atomic mass is 16.1. The zero-order valence-electron chi connectivity index (χ0n) is 14.0. The van der Waals surface area contributed by atoms with Crippen LogP contribution in [0.2, 0.25) is 0 Å². The minimum absolute atomic E-state index is 0.0218. The van der Waals surface area contributed by atoms with Crippen molar-refractivity contribution in [2.45, 2.75) is 32.7 Å². The fourth-order valence-electron chi connectivity index (χ4n) is 3.12. The standard InChI is InChI=1S/C17H23N5O/c1-4-6-7-13-12-22-17(19-13)15(10-16(23)20(22)3)21-9-8-18-11-14(21)5-2/h10,12,14,18H,5,7-9,11H2,1-3H3. The summed E-state index contributed by atoms with van der Waals surface area (Å²) in [5.74, 6) is 5.94. The van der Waals surface area contributed by atoms with Crippen molar-refractivity contribution < 1.29 is 0 Å². The molecule has 0 saturated carbocycles. The largest absolute Gasteiger partial charge is 0.363 e. The third-order valence-electron chi connectivity index (χ3n) is 4.45. The third-order valence-corrected chi connectivity index (χ3v) is 4.45. The van der Waals surface area contributed by atoms with E-state index in [1.807, 2.05) is 17.6 Å². The fraction of sp³-hybridized carbons (Fsp3) is 0.529. The summed E-state index contributed by atoms with van der Waals surface area (Å²) in [7, 11) is 1.77. The van der Waals surface area contributed by atoms with Crippen molar-refractivity contribution in [3.05, 3.63) is 28.3 Å². The van der Waals surface area contributed by atoms with E-state index in [1.54, 1.807) is 17.8 Å². The van der Waals surface area contributed by atoms with Crippen molar-refractivity contribution in [1.82, 2.24) is 19.5 Å². The lowest BCUT2D eigenvalue weighted by Gasteiger charge is -2.37. The van der Waals surface area contributed by atoms with E-state index in [9.17, 15) is 4.79 Å². The van der Waals surface area contributed by atoms with Gasteiger partial charge in [0.1, 0.15) is 0 Å². The lowest BCUT2D eigenvalue weighted by Crippen LogP contribution is -2.51. The highest BCUT2D eigenvalue weighted by Crippen LogP contribution is 2.23. The van der Waals surface area contributed by atoms with Gasteiger partial charge in [-0.15, -0.1) is 5.92 Å². The summed E-state index contributed by atoms with van der Waals surface area (Å²) in [5.41, 5.74) is 2.63. The summed E-state index contributed by atoms with van der Waals surface area (Å²) >= 11 is 0. The smallest absolute Gasteiger partial charge is 0.267 e. The second kappa shape index (κ2) is 6.47. The van der Waals surface area contributed by atoms with E-state index in [1.165, 1.54) is 0 Å². The SMILES string of the molecule is CC#CCc1cn2c(n1)c(N1CCNCC1CC)cc(=O)n2C. The molecule has 1 aliphatic heterocycles. The van der Waals surface area contributed by atoms with Crippen LogP contribution in [0.5, 0.6) is 0 Å². The Morgan fingerprint density at radius 3 is 3.04 bits per heavy atom. The van der Waals surface area contributed by atoms with Crippen LogP contribution in [-0.4, -0.2) is 39.9 Å². The molecular weight excluding hydrogens is 290 g/mol. The number of rotatable bonds is 3. The number of hydrogen-bond donors (Lipinski definition) is 1. The monoisotopic (exact) mass is 313 g/mol. The van der Waals surface area contributed by atoms with Gasteiger partial charge in [-0.1, -0.05) is 12.8 Å². The first-order valence-corrected chi connectivity index (χ1v) is 8.11. The Morgan fingerprint density at radius 1 is 1.48 bits per heavy atom. The predicted molar refractivity (Wildman–Crippen MR) is 91.9 cm³/mol. The molecule has 3 heterocycles. The van der Waals surface area contributed by atoms with Crippen LogP contribution < -0.4 is 15.8 Å². The molecule has 0 radical (unpaired) electrons. The van der Waals surface area contributed by atoms with Gasteiger partial charge in [0.2, 0.25) is 0 Å². The zero-order valence-corrected chi connectivity index (χ0v) is 14.0. The Kier molecular flexibility index (Phi) is 4.39. The van der Waals surface area contributed by atoms with E-state index < -0.39 is 0 Å². The molecule has 1 N–H and O–H groups in total. The molecule has 0 aliphatic carbocycles. The number of imidazole rings is 1. The maximum absolute atomic E-state index is 12.4. The summed E-state index contributed by atoms with van der Waals surface area (Å²) in [6.07, 6.45) is 3.54. The van der Waals surface area contributed by atoms with Crippen molar-refractivity contribution in [3.63, 3.8) is 0 Å². The molecule has 2 aromatic rings. The molecule has 1 unspecified atom stereocenters. The summed E-state index contributed by atoms with van der Waals surface area (Å²) in [6.45, 7) is 6.75. The maximum atomic E-state index is 12.4. The molecule has 0 bridgehead atoms. The van der Waals surface area contributed by atoms with E-state index in [0.717, 1.165) is 43.1 Å². The number of anilines is 1. The molecule has 3 rings (SSSR count). The van der Waals surface area contributed by atoms with Crippen molar-refractivity contribution in [3.8, 4) is 11.8 Å². The van der Waals surface area contributed by atoms with Gasteiger partial charge in [0.25, 0.3) is 5.56 Å². The van der Waals surface area contributed by atoms with Gasteiger partial charge >= 0.3 is 0 Å². The van der Waals surface area contributed by atoms with Crippen LogP contribution >= 0.6 is 0 Å². The number of fused-ring (bicyclic) bond motifs is 1. The Hall–Kier alpha value is -2.26. The minimum Gasteiger partial charge on any atom is -0.363 e. The van der Waals surface area contributed by atoms with Gasteiger partial charge in [-0.2, -0.15) is 0 Å². The van der Waals surface area contributed by atoms with Crippen molar-refractivity contribution in [2.75, 3.05) is 24.5 Å². The molecule has 2 aromatic heterocycles. The Morgan fingerprint density at radius 2 is 2.30 bits per heavy atom. The van der Waals surface area contributed by atoms with E-state index in [4.69, 9.17) is 4.98 Å². The van der Waals surface area contributed by atoms with E-state index in [0.29, 0.717) is 12.5 Å². The molecule has 122 valence electrons. The number of hydrogen-bond acceptors (Lipinski definition) is 4. The van der Waals surface area contributed by atoms with Gasteiger partial charge in [0.05, 0.1) is 24.0 Å². The normalized spacial score (nSPS) is 18.0. The molecule has 1 saturated heterocycles. The second-order valence-corrected chi connectivity index (χ2v) is 5.85. The molecule has 6 heteroatoms. The molecule has 1 aliphatic rings. The summed E-state index contributed by atoms with van der Waals surface area (Å²) in [6, 6.07) is 2.10. The van der Waals surface area contributed by atoms with Gasteiger partial charge in [-0.25, -0.2) is 14.2 Å². The lowest BCUT2D eigenvalue weighted by molar-refractivity contribution is 0.465. The van der Waals surface area contributed by atoms with Crippen LogP contribution in [0.25, 0.3) is 5.65 Å². The van der Waals surface area contributed by atoms with Crippen LogP contribution in [-0.2, 0) is 13.5 Å². The van der Waals surface area contributed by atoms with Crippen LogP contribution in [0.15, 0.2) is 17.1 Å². The minimum atomic E-state index is -0.0218. The van der Waals surface area contributed by atoms with Crippen molar-refractivity contribution in [1.29, 1.82) is 0 Å². The number of nitrogens with one attached hydrogen (secondary N) is 1. The van der Waals surface area contributed by atoms with Gasteiger partial charge in [-0.05, 0) is 13.3 Å². The summed E-state index contributed by atoms with van der Waals surface area (Å²) in [5, 5.41) is 3.42. The molecule has 0 aromatic carbocycles. The summed E-state index contributed by atoms with van der Waals surface area (Å²) < 4.78 is 3.44. The molecule has 0 spiro atoms. The second-order valence-electron chi connectivity index (χ2n) is 5.85. The molecule has 1 atom stereocenters. The third kappa shape index (κ3) is 2.84. The Balaban J connectivity index is 2.14. The summed E-state index contributed by atoms with van der Waals surface area (Å²) in [4.78, 5) is 19.4. The predicted octanol–water partition coefficient (Wildman–Crippen LogP) is 0.787. The molecule has 0 amide bonds. The van der Waals surface area contributed by atoms with Crippen molar-refractivity contribution in [2.24, 2.45) is 7.05 Å². The van der Waals surface area contributed by atoms with Crippen LogP contribution in [0.1, 0.15) is 26.0 Å². The quantitative estimate of drug-likeness (QED) is 0.851. The average Bonchev–Trinajstić information content (AvgIpc) is 3.00. The van der Waals surface area contributed by atoms with Crippen LogP contribution in [0.3, 0.4) is 0 Å². The topological polar surface area (TPSA) is 54.6 Å². The van der Waals surface area contributed by atoms with Gasteiger partial charge < -0.3 is 10.2 Å². The molecule has 6 nitrogen and oxygen atoms in total.